The second-order valence-corrected chi connectivity index (χ2v) is 4.49. The van der Waals surface area contributed by atoms with Gasteiger partial charge in [0.05, 0.1) is 6.42 Å². The highest BCUT2D eigenvalue weighted by Crippen LogP contribution is 2.38. The van der Waals surface area contributed by atoms with Gasteiger partial charge >= 0.3 is 5.51 Å². The Balaban J connectivity index is 2.87. The van der Waals surface area contributed by atoms with Crippen molar-refractivity contribution in [3.63, 3.8) is 0 Å². The van der Waals surface area contributed by atoms with Crippen LogP contribution in [-0.4, -0.2) is 11.4 Å². The fourth-order valence-corrected chi connectivity index (χ4v) is 1.95. The van der Waals surface area contributed by atoms with Crippen molar-refractivity contribution in [3.05, 3.63) is 28.8 Å². The zero-order chi connectivity index (χ0) is 12.3. The van der Waals surface area contributed by atoms with Crippen molar-refractivity contribution in [2.45, 2.75) is 16.8 Å². The Morgan fingerprint density at radius 1 is 1.44 bits per heavy atom. The zero-order valence-corrected chi connectivity index (χ0v) is 9.42. The highest BCUT2D eigenvalue weighted by Gasteiger charge is 2.29. The van der Waals surface area contributed by atoms with E-state index in [-0.39, 0.29) is 28.1 Å². The van der Waals surface area contributed by atoms with E-state index in [2.05, 4.69) is 0 Å². The smallest absolute Gasteiger partial charge is 0.369 e. The third-order valence-electron chi connectivity index (χ3n) is 1.62. The Hall–Kier alpha value is -0.880. The van der Waals surface area contributed by atoms with Gasteiger partial charge in [0.15, 0.2) is 0 Å². The van der Waals surface area contributed by atoms with E-state index in [0.29, 0.717) is 5.56 Å². The Bertz CT molecular complexity index is 408. The van der Waals surface area contributed by atoms with E-state index in [1.54, 1.807) is 0 Å². The van der Waals surface area contributed by atoms with Crippen molar-refractivity contribution in [1.82, 2.24) is 0 Å². The first-order chi connectivity index (χ1) is 7.28. The maximum Gasteiger partial charge on any atom is 0.446 e. The third kappa shape index (κ3) is 4.32. The number of halogens is 4. The molecule has 1 aromatic rings. The first-order valence-corrected chi connectivity index (χ1v) is 5.30. The lowest BCUT2D eigenvalue weighted by Gasteiger charge is -2.07. The minimum Gasteiger partial charge on any atom is -0.369 e. The summed E-state index contributed by atoms with van der Waals surface area (Å²) in [7, 11) is 0. The number of carbonyl (C=O) groups is 1. The topological polar surface area (TPSA) is 43.1 Å². The predicted molar refractivity (Wildman–Crippen MR) is 56.3 cm³/mol. The van der Waals surface area contributed by atoms with E-state index in [1.807, 2.05) is 0 Å². The molecule has 0 fully saturated rings. The summed E-state index contributed by atoms with van der Waals surface area (Å²) in [5, 5.41) is 0.105. The van der Waals surface area contributed by atoms with Gasteiger partial charge in [0.25, 0.3) is 0 Å². The van der Waals surface area contributed by atoms with E-state index >= 15 is 0 Å². The van der Waals surface area contributed by atoms with Gasteiger partial charge in [-0.3, -0.25) is 4.79 Å². The molecule has 1 rings (SSSR count). The minimum atomic E-state index is -4.35. The minimum absolute atomic E-state index is 0.0225. The molecule has 0 spiro atoms. The summed E-state index contributed by atoms with van der Waals surface area (Å²) in [6.07, 6.45) is -0.0875. The molecule has 0 aliphatic rings. The number of nitrogens with two attached hydrogens (primary N) is 1. The molecule has 0 atom stereocenters. The molecule has 0 unspecified atom stereocenters. The van der Waals surface area contributed by atoms with E-state index in [0.717, 1.165) is 6.07 Å². The van der Waals surface area contributed by atoms with Crippen molar-refractivity contribution >= 4 is 29.3 Å². The van der Waals surface area contributed by atoms with Gasteiger partial charge in [-0.05, 0) is 29.5 Å². The molecular weight excluding hydrogens is 263 g/mol. The lowest BCUT2D eigenvalue weighted by molar-refractivity contribution is -0.117. The highest BCUT2D eigenvalue weighted by molar-refractivity contribution is 8.00. The lowest BCUT2D eigenvalue weighted by atomic mass is 10.1. The number of amides is 1. The molecule has 0 aromatic heterocycles. The first-order valence-electron chi connectivity index (χ1n) is 4.10. The summed E-state index contributed by atoms with van der Waals surface area (Å²) < 4.78 is 36.1. The molecule has 16 heavy (non-hydrogen) atoms. The highest BCUT2D eigenvalue weighted by atomic mass is 35.5. The molecular formula is C9H7ClF3NOS. The standard InChI is InChI=1S/C9H7ClF3NOS/c10-7-4-6(16-9(11,12)13)2-1-5(7)3-8(14)15/h1-2,4H,3H2,(H2,14,15). The van der Waals surface area contributed by atoms with E-state index < -0.39 is 11.4 Å². The first kappa shape index (κ1) is 13.2. The van der Waals surface area contributed by atoms with Gasteiger partial charge in [0.1, 0.15) is 0 Å². The van der Waals surface area contributed by atoms with Crippen LogP contribution in [0.4, 0.5) is 13.2 Å². The van der Waals surface area contributed by atoms with Crippen LogP contribution in [0.2, 0.25) is 5.02 Å². The van der Waals surface area contributed by atoms with Crippen LogP contribution >= 0.6 is 23.4 Å². The van der Waals surface area contributed by atoms with Crippen LogP contribution in [-0.2, 0) is 11.2 Å². The van der Waals surface area contributed by atoms with Gasteiger partial charge in [0.2, 0.25) is 5.91 Å². The van der Waals surface area contributed by atoms with Crippen molar-refractivity contribution in [3.8, 4) is 0 Å². The van der Waals surface area contributed by atoms with Crippen LogP contribution < -0.4 is 5.73 Å². The summed E-state index contributed by atoms with van der Waals surface area (Å²) >= 11 is 5.46. The summed E-state index contributed by atoms with van der Waals surface area (Å²) in [6.45, 7) is 0. The molecule has 88 valence electrons. The van der Waals surface area contributed by atoms with Gasteiger partial charge in [-0.2, -0.15) is 13.2 Å². The summed E-state index contributed by atoms with van der Waals surface area (Å²) in [6, 6.07) is 3.78. The van der Waals surface area contributed by atoms with E-state index in [4.69, 9.17) is 17.3 Å². The molecule has 1 amide bonds. The van der Waals surface area contributed by atoms with Crippen LogP contribution in [0.3, 0.4) is 0 Å². The molecule has 0 saturated heterocycles. The fourth-order valence-electron chi connectivity index (χ4n) is 1.06. The number of rotatable bonds is 3. The molecule has 2 N–H and O–H groups in total. The van der Waals surface area contributed by atoms with Gasteiger partial charge in [0, 0.05) is 9.92 Å². The van der Waals surface area contributed by atoms with Crippen LogP contribution in [0, 0.1) is 0 Å². The van der Waals surface area contributed by atoms with Crippen LogP contribution in [0.15, 0.2) is 23.1 Å². The molecule has 0 saturated carbocycles. The molecule has 0 bridgehead atoms. The van der Waals surface area contributed by atoms with Crippen molar-refractivity contribution < 1.29 is 18.0 Å². The average molecular weight is 270 g/mol. The molecule has 2 nitrogen and oxygen atoms in total. The molecule has 7 heteroatoms. The van der Waals surface area contributed by atoms with Crippen LogP contribution in [0.25, 0.3) is 0 Å². The van der Waals surface area contributed by atoms with Gasteiger partial charge in [-0.15, -0.1) is 0 Å². The maximum atomic E-state index is 12.0. The number of primary amides is 1. The number of carbonyl (C=O) groups excluding carboxylic acids is 1. The second-order valence-electron chi connectivity index (χ2n) is 2.94. The molecule has 0 radical (unpaired) electrons. The van der Waals surface area contributed by atoms with E-state index in [9.17, 15) is 18.0 Å². The van der Waals surface area contributed by atoms with Crippen LogP contribution in [0.5, 0.6) is 0 Å². The molecule has 0 heterocycles. The summed E-state index contributed by atoms with van der Waals surface area (Å²) in [5.41, 5.74) is 1.02. The monoisotopic (exact) mass is 269 g/mol. The Morgan fingerprint density at radius 2 is 2.06 bits per heavy atom. The number of thioether (sulfide) groups is 1. The second kappa shape index (κ2) is 4.97. The Morgan fingerprint density at radius 3 is 2.50 bits per heavy atom. The van der Waals surface area contributed by atoms with Gasteiger partial charge < -0.3 is 5.73 Å². The Kier molecular flexibility index (Phi) is 4.09. The van der Waals surface area contributed by atoms with Crippen molar-refractivity contribution in [2.24, 2.45) is 5.73 Å². The number of hydrogen-bond donors (Lipinski definition) is 1. The summed E-state index contributed by atoms with van der Waals surface area (Å²) in [4.78, 5) is 10.6. The SMILES string of the molecule is NC(=O)Cc1ccc(SC(F)(F)F)cc1Cl. The molecule has 0 aliphatic carbocycles. The molecule has 1 aromatic carbocycles. The third-order valence-corrected chi connectivity index (χ3v) is 2.70. The predicted octanol–water partition coefficient (Wildman–Crippen LogP) is 2.98. The number of hydrogen-bond acceptors (Lipinski definition) is 2. The fraction of sp³-hybridized carbons (Fsp3) is 0.222. The van der Waals surface area contributed by atoms with Gasteiger partial charge in [-0.1, -0.05) is 17.7 Å². The largest absolute Gasteiger partial charge is 0.446 e. The summed E-state index contributed by atoms with van der Waals surface area (Å²) in [5.74, 6) is -0.585. The maximum absolute atomic E-state index is 12.0. The zero-order valence-electron chi connectivity index (χ0n) is 7.84. The average Bonchev–Trinajstić information content (AvgIpc) is 2.06. The number of alkyl halides is 3. The lowest BCUT2D eigenvalue weighted by Crippen LogP contribution is -2.13. The number of benzene rings is 1. The Labute approximate surface area is 99.0 Å². The van der Waals surface area contributed by atoms with E-state index in [1.165, 1.54) is 12.1 Å². The van der Waals surface area contributed by atoms with Crippen molar-refractivity contribution in [1.29, 1.82) is 0 Å². The molecule has 0 aliphatic heterocycles. The van der Waals surface area contributed by atoms with Gasteiger partial charge in [-0.25, -0.2) is 0 Å². The quantitative estimate of drug-likeness (QED) is 0.857. The normalized spacial score (nSPS) is 11.5. The van der Waals surface area contributed by atoms with Crippen molar-refractivity contribution in [2.75, 3.05) is 0 Å². The van der Waals surface area contributed by atoms with Crippen LogP contribution in [0.1, 0.15) is 5.56 Å².